The van der Waals surface area contributed by atoms with E-state index in [9.17, 15) is 15.0 Å². The highest BCUT2D eigenvalue weighted by Gasteiger charge is 2.08. The van der Waals surface area contributed by atoms with Gasteiger partial charge in [-0.2, -0.15) is 0 Å². The summed E-state index contributed by atoms with van der Waals surface area (Å²) in [5.41, 5.74) is 2.95. The fourth-order valence-electron chi connectivity index (χ4n) is 2.93. The summed E-state index contributed by atoms with van der Waals surface area (Å²) in [4.78, 5) is 15.2. The van der Waals surface area contributed by atoms with Gasteiger partial charge in [0, 0.05) is 30.1 Å². The molecule has 0 atom stereocenters. The predicted octanol–water partition coefficient (Wildman–Crippen LogP) is 2.88. The van der Waals surface area contributed by atoms with Crippen LogP contribution in [0.5, 0.6) is 17.2 Å². The van der Waals surface area contributed by atoms with Crippen molar-refractivity contribution < 1.29 is 19.7 Å². The number of aryl methyl sites for hydroxylation is 1. The maximum Gasteiger partial charge on any atom is 0.220 e. The summed E-state index contributed by atoms with van der Waals surface area (Å²) >= 11 is 0. The van der Waals surface area contributed by atoms with E-state index in [0.29, 0.717) is 31.6 Å². The zero-order chi connectivity index (χ0) is 18.5. The van der Waals surface area contributed by atoms with Gasteiger partial charge in [-0.25, -0.2) is 0 Å². The van der Waals surface area contributed by atoms with Crippen molar-refractivity contribution in [1.82, 2.24) is 10.3 Å². The van der Waals surface area contributed by atoms with Gasteiger partial charge in [0.1, 0.15) is 5.75 Å². The number of aromatic hydroxyl groups is 2. The summed E-state index contributed by atoms with van der Waals surface area (Å²) in [6.07, 6.45) is 3.52. The number of fused-ring (bicyclic) bond motifs is 1. The molecule has 0 bridgehead atoms. The highest BCUT2D eigenvalue weighted by molar-refractivity contribution is 5.84. The molecule has 1 aromatic heterocycles. The molecular weight excluding hydrogens is 332 g/mol. The van der Waals surface area contributed by atoms with E-state index in [2.05, 4.69) is 10.3 Å². The molecule has 0 saturated carbocycles. The van der Waals surface area contributed by atoms with Crippen LogP contribution in [0.3, 0.4) is 0 Å². The van der Waals surface area contributed by atoms with Crippen molar-refractivity contribution in [2.45, 2.75) is 19.3 Å². The third-order valence-corrected chi connectivity index (χ3v) is 4.35. The van der Waals surface area contributed by atoms with Crippen molar-refractivity contribution in [1.29, 1.82) is 0 Å². The Morgan fingerprint density at radius 3 is 2.81 bits per heavy atom. The monoisotopic (exact) mass is 354 g/mol. The zero-order valence-electron chi connectivity index (χ0n) is 14.6. The molecule has 6 nitrogen and oxygen atoms in total. The van der Waals surface area contributed by atoms with E-state index in [1.54, 1.807) is 30.3 Å². The number of aromatic nitrogens is 1. The van der Waals surface area contributed by atoms with E-state index in [-0.39, 0.29) is 17.4 Å². The smallest absolute Gasteiger partial charge is 0.220 e. The zero-order valence-corrected chi connectivity index (χ0v) is 14.6. The standard InChI is InChI=1S/C20H22N2O4/c1-26-19-10-13(2-6-18(19)24)3-7-20(25)21-9-8-14-12-22-17-5-4-15(23)11-16(14)17/h2,4-6,10-12,22-24H,3,7-9H2,1H3,(H,21,25). The molecule has 1 amide bonds. The number of rotatable bonds is 7. The summed E-state index contributed by atoms with van der Waals surface area (Å²) in [6, 6.07) is 10.3. The Kier molecular flexibility index (Phi) is 5.31. The third-order valence-electron chi connectivity index (χ3n) is 4.35. The largest absolute Gasteiger partial charge is 0.508 e. The van der Waals surface area contributed by atoms with Gasteiger partial charge in [0.2, 0.25) is 5.91 Å². The number of nitrogens with one attached hydrogen (secondary N) is 2. The molecule has 0 unspecified atom stereocenters. The minimum atomic E-state index is -0.0280. The molecule has 0 spiro atoms. The second kappa shape index (κ2) is 7.82. The summed E-state index contributed by atoms with van der Waals surface area (Å²) < 4.78 is 5.07. The van der Waals surface area contributed by atoms with Crippen LogP contribution in [0.1, 0.15) is 17.5 Å². The van der Waals surface area contributed by atoms with Gasteiger partial charge in [0.25, 0.3) is 0 Å². The molecule has 0 radical (unpaired) electrons. The van der Waals surface area contributed by atoms with Crippen molar-refractivity contribution in [3.05, 3.63) is 53.7 Å². The summed E-state index contributed by atoms with van der Waals surface area (Å²) in [6.45, 7) is 0.528. The first-order valence-corrected chi connectivity index (χ1v) is 8.48. The molecule has 0 aliphatic carbocycles. The van der Waals surface area contributed by atoms with Crippen LogP contribution in [-0.4, -0.2) is 34.8 Å². The van der Waals surface area contributed by atoms with Crippen molar-refractivity contribution in [3.8, 4) is 17.2 Å². The van der Waals surface area contributed by atoms with E-state index in [1.165, 1.54) is 7.11 Å². The molecule has 136 valence electrons. The molecule has 0 saturated heterocycles. The maximum absolute atomic E-state index is 12.0. The number of carbonyl (C=O) groups excluding carboxylic acids is 1. The van der Waals surface area contributed by atoms with Crippen LogP contribution in [0.2, 0.25) is 0 Å². The fourth-order valence-corrected chi connectivity index (χ4v) is 2.93. The Morgan fingerprint density at radius 1 is 1.15 bits per heavy atom. The number of hydrogen-bond donors (Lipinski definition) is 4. The normalized spacial score (nSPS) is 10.8. The Morgan fingerprint density at radius 2 is 2.00 bits per heavy atom. The average Bonchev–Trinajstić information content (AvgIpc) is 3.03. The lowest BCUT2D eigenvalue weighted by molar-refractivity contribution is -0.121. The number of amides is 1. The number of hydrogen-bond acceptors (Lipinski definition) is 4. The van der Waals surface area contributed by atoms with Crippen LogP contribution in [0, 0.1) is 0 Å². The highest BCUT2D eigenvalue weighted by atomic mass is 16.5. The van der Waals surface area contributed by atoms with E-state index >= 15 is 0 Å². The van der Waals surface area contributed by atoms with Crippen molar-refractivity contribution in [2.75, 3.05) is 13.7 Å². The number of benzene rings is 2. The second-order valence-corrected chi connectivity index (χ2v) is 6.15. The average molecular weight is 354 g/mol. The number of aromatic amines is 1. The number of ether oxygens (including phenoxy) is 1. The van der Waals surface area contributed by atoms with Crippen LogP contribution in [0.25, 0.3) is 10.9 Å². The molecule has 26 heavy (non-hydrogen) atoms. The summed E-state index contributed by atoms with van der Waals surface area (Å²) in [7, 11) is 1.50. The number of methoxy groups -OCH3 is 1. The highest BCUT2D eigenvalue weighted by Crippen LogP contribution is 2.26. The first-order valence-electron chi connectivity index (χ1n) is 8.48. The van der Waals surface area contributed by atoms with Gasteiger partial charge in [-0.15, -0.1) is 0 Å². The predicted molar refractivity (Wildman–Crippen MR) is 99.7 cm³/mol. The van der Waals surface area contributed by atoms with Crippen molar-refractivity contribution >= 4 is 16.8 Å². The maximum atomic E-state index is 12.0. The molecule has 2 aromatic carbocycles. The molecule has 0 aliphatic rings. The number of H-pyrrole nitrogens is 1. The molecule has 3 rings (SSSR count). The van der Waals surface area contributed by atoms with Crippen LogP contribution in [0.15, 0.2) is 42.6 Å². The molecule has 0 fully saturated rings. The van der Waals surface area contributed by atoms with Gasteiger partial charge in [0.15, 0.2) is 11.5 Å². The fraction of sp³-hybridized carbons (Fsp3) is 0.250. The lowest BCUT2D eigenvalue weighted by atomic mass is 10.1. The van der Waals surface area contributed by atoms with E-state index < -0.39 is 0 Å². The summed E-state index contributed by atoms with van der Waals surface area (Å²) in [5.74, 6) is 0.697. The number of carbonyl (C=O) groups is 1. The minimum absolute atomic E-state index is 0.0280. The molecule has 3 aromatic rings. The van der Waals surface area contributed by atoms with E-state index in [0.717, 1.165) is 22.0 Å². The Hall–Kier alpha value is -3.15. The van der Waals surface area contributed by atoms with E-state index in [4.69, 9.17) is 4.74 Å². The van der Waals surface area contributed by atoms with Crippen LogP contribution < -0.4 is 10.1 Å². The van der Waals surface area contributed by atoms with Gasteiger partial charge in [-0.3, -0.25) is 4.79 Å². The first-order chi connectivity index (χ1) is 12.6. The Balaban J connectivity index is 1.49. The first kappa shape index (κ1) is 17.7. The van der Waals surface area contributed by atoms with Gasteiger partial charge in [-0.1, -0.05) is 6.07 Å². The van der Waals surface area contributed by atoms with Crippen LogP contribution in [0.4, 0.5) is 0 Å². The van der Waals surface area contributed by atoms with Gasteiger partial charge < -0.3 is 25.3 Å². The molecule has 6 heteroatoms. The topological polar surface area (TPSA) is 94.6 Å². The Bertz CT molecular complexity index is 917. The molecule has 1 heterocycles. The quantitative estimate of drug-likeness (QED) is 0.525. The minimum Gasteiger partial charge on any atom is -0.508 e. The van der Waals surface area contributed by atoms with Gasteiger partial charge in [0.05, 0.1) is 7.11 Å². The number of phenolic OH excluding ortho intramolecular Hbond substituents is 2. The Labute approximate surface area is 151 Å². The van der Waals surface area contributed by atoms with Crippen LogP contribution >= 0.6 is 0 Å². The van der Waals surface area contributed by atoms with Gasteiger partial charge >= 0.3 is 0 Å². The number of phenols is 2. The van der Waals surface area contributed by atoms with E-state index in [1.807, 2.05) is 12.3 Å². The molecule has 0 aliphatic heterocycles. The molecule has 4 N–H and O–H groups in total. The van der Waals surface area contributed by atoms with Gasteiger partial charge in [-0.05, 0) is 54.3 Å². The lowest BCUT2D eigenvalue weighted by Crippen LogP contribution is -2.25. The van der Waals surface area contributed by atoms with Crippen LogP contribution in [-0.2, 0) is 17.6 Å². The van der Waals surface area contributed by atoms with Crippen molar-refractivity contribution in [2.24, 2.45) is 0 Å². The molecular formula is C20H22N2O4. The third kappa shape index (κ3) is 4.08. The summed E-state index contributed by atoms with van der Waals surface area (Å²) in [5, 5.41) is 23.1. The van der Waals surface area contributed by atoms with Crippen molar-refractivity contribution in [3.63, 3.8) is 0 Å². The second-order valence-electron chi connectivity index (χ2n) is 6.15. The SMILES string of the molecule is COc1cc(CCC(=O)NCCc2c[nH]c3ccc(O)cc23)ccc1O. The lowest BCUT2D eigenvalue weighted by Gasteiger charge is -2.07.